The van der Waals surface area contributed by atoms with E-state index in [1.807, 2.05) is 60.7 Å². The van der Waals surface area contributed by atoms with Crippen molar-refractivity contribution in [2.24, 2.45) is 0 Å². The SMILES string of the molecule is CCOC(=O)COc1cccc2c1CCC[C@@H]2NCc1nc(-c2ccccc2)c(-c2ccccc2)o1. The second-order valence-electron chi connectivity index (χ2n) is 8.76. The van der Waals surface area contributed by atoms with E-state index in [1.165, 1.54) is 5.56 Å². The molecule has 184 valence electrons. The maximum atomic E-state index is 11.8. The van der Waals surface area contributed by atoms with E-state index < -0.39 is 0 Å². The van der Waals surface area contributed by atoms with Gasteiger partial charge in [-0.05, 0) is 43.4 Å². The van der Waals surface area contributed by atoms with Crippen LogP contribution in [0.15, 0.2) is 83.3 Å². The van der Waals surface area contributed by atoms with E-state index >= 15 is 0 Å². The van der Waals surface area contributed by atoms with E-state index in [-0.39, 0.29) is 18.6 Å². The lowest BCUT2D eigenvalue weighted by molar-refractivity contribution is -0.145. The number of carbonyl (C=O) groups excluding carboxylic acids is 1. The molecule has 1 aliphatic carbocycles. The molecule has 1 N–H and O–H groups in total. The van der Waals surface area contributed by atoms with Gasteiger partial charge in [0, 0.05) is 17.2 Å². The molecule has 4 aromatic rings. The number of hydrogen-bond acceptors (Lipinski definition) is 6. The van der Waals surface area contributed by atoms with Crippen molar-refractivity contribution in [1.29, 1.82) is 0 Å². The first-order chi connectivity index (χ1) is 17.7. The fraction of sp³-hybridized carbons (Fsp3) is 0.267. The summed E-state index contributed by atoms with van der Waals surface area (Å²) in [4.78, 5) is 16.6. The number of esters is 1. The van der Waals surface area contributed by atoms with Gasteiger partial charge in [0.2, 0.25) is 5.89 Å². The van der Waals surface area contributed by atoms with Gasteiger partial charge in [-0.25, -0.2) is 9.78 Å². The topological polar surface area (TPSA) is 73.6 Å². The van der Waals surface area contributed by atoms with E-state index in [4.69, 9.17) is 18.9 Å². The molecule has 0 fully saturated rings. The molecule has 36 heavy (non-hydrogen) atoms. The van der Waals surface area contributed by atoms with Gasteiger partial charge in [0.1, 0.15) is 11.4 Å². The van der Waals surface area contributed by atoms with Crippen molar-refractivity contribution in [1.82, 2.24) is 10.3 Å². The minimum Gasteiger partial charge on any atom is -0.482 e. The Bertz CT molecular complexity index is 1240. The van der Waals surface area contributed by atoms with Gasteiger partial charge in [0.25, 0.3) is 0 Å². The van der Waals surface area contributed by atoms with Crippen LogP contribution in [0.2, 0.25) is 0 Å². The molecule has 0 amide bonds. The molecular formula is C30H30N2O4. The molecule has 1 aromatic heterocycles. The molecule has 5 rings (SSSR count). The average molecular weight is 483 g/mol. The number of aromatic nitrogens is 1. The number of nitrogens with zero attached hydrogens (tertiary/aromatic N) is 1. The first kappa shape index (κ1) is 23.8. The summed E-state index contributed by atoms with van der Waals surface area (Å²) in [5.74, 6) is 1.82. The summed E-state index contributed by atoms with van der Waals surface area (Å²) in [5.41, 5.74) is 5.21. The molecular weight excluding hydrogens is 452 g/mol. The Morgan fingerprint density at radius 1 is 1.00 bits per heavy atom. The van der Waals surface area contributed by atoms with Crippen LogP contribution in [0.3, 0.4) is 0 Å². The third kappa shape index (κ3) is 5.34. The van der Waals surface area contributed by atoms with Crippen molar-refractivity contribution in [3.63, 3.8) is 0 Å². The van der Waals surface area contributed by atoms with Crippen LogP contribution in [0.4, 0.5) is 0 Å². The van der Waals surface area contributed by atoms with Crippen LogP contribution in [-0.4, -0.2) is 24.2 Å². The van der Waals surface area contributed by atoms with Crippen LogP contribution in [0, 0.1) is 0 Å². The van der Waals surface area contributed by atoms with Gasteiger partial charge < -0.3 is 19.2 Å². The minimum absolute atomic E-state index is 0.0801. The van der Waals surface area contributed by atoms with Crippen LogP contribution < -0.4 is 10.1 Å². The molecule has 0 spiro atoms. The van der Waals surface area contributed by atoms with Gasteiger partial charge in [-0.15, -0.1) is 0 Å². The third-order valence-corrected chi connectivity index (χ3v) is 6.37. The van der Waals surface area contributed by atoms with Crippen molar-refractivity contribution >= 4 is 5.97 Å². The lowest BCUT2D eigenvalue weighted by Gasteiger charge is -2.27. The lowest BCUT2D eigenvalue weighted by atomic mass is 9.87. The smallest absolute Gasteiger partial charge is 0.344 e. The monoisotopic (exact) mass is 482 g/mol. The van der Waals surface area contributed by atoms with Gasteiger partial charge in [-0.3, -0.25) is 0 Å². The summed E-state index contributed by atoms with van der Waals surface area (Å²) >= 11 is 0. The van der Waals surface area contributed by atoms with Crippen LogP contribution >= 0.6 is 0 Å². The van der Waals surface area contributed by atoms with E-state index in [1.54, 1.807) is 6.92 Å². The van der Waals surface area contributed by atoms with E-state index in [0.717, 1.165) is 53.2 Å². The number of benzene rings is 3. The maximum absolute atomic E-state index is 11.8. The van der Waals surface area contributed by atoms with Crippen LogP contribution in [-0.2, 0) is 22.5 Å². The summed E-state index contributed by atoms with van der Waals surface area (Å²) in [6.45, 7) is 2.56. The Hall–Kier alpha value is -3.90. The number of ether oxygens (including phenoxy) is 2. The fourth-order valence-electron chi connectivity index (χ4n) is 4.73. The summed E-state index contributed by atoms with van der Waals surface area (Å²) in [7, 11) is 0. The Morgan fingerprint density at radius 2 is 1.75 bits per heavy atom. The molecule has 0 saturated carbocycles. The summed E-state index contributed by atoms with van der Waals surface area (Å²) in [5, 5.41) is 3.65. The van der Waals surface area contributed by atoms with Crippen molar-refractivity contribution in [3.05, 3.63) is 95.9 Å². The Kier molecular flexibility index (Phi) is 7.43. The first-order valence-corrected chi connectivity index (χ1v) is 12.5. The zero-order valence-electron chi connectivity index (χ0n) is 20.4. The Balaban J connectivity index is 1.35. The highest BCUT2D eigenvalue weighted by Crippen LogP contribution is 2.36. The van der Waals surface area contributed by atoms with Crippen LogP contribution in [0.1, 0.15) is 42.8 Å². The van der Waals surface area contributed by atoms with Crippen molar-refractivity contribution in [3.8, 4) is 28.3 Å². The molecule has 6 nitrogen and oxygen atoms in total. The Morgan fingerprint density at radius 3 is 2.50 bits per heavy atom. The van der Waals surface area contributed by atoms with E-state index in [9.17, 15) is 4.79 Å². The van der Waals surface area contributed by atoms with E-state index in [0.29, 0.717) is 19.0 Å². The molecule has 1 aliphatic rings. The number of nitrogens with one attached hydrogen (secondary N) is 1. The van der Waals surface area contributed by atoms with Crippen molar-refractivity contribution in [2.45, 2.75) is 38.8 Å². The largest absolute Gasteiger partial charge is 0.482 e. The molecule has 1 heterocycles. The molecule has 1 atom stereocenters. The summed E-state index contributed by atoms with van der Waals surface area (Å²) in [6, 6.07) is 26.4. The average Bonchev–Trinajstić information content (AvgIpc) is 3.36. The molecule has 3 aromatic carbocycles. The van der Waals surface area contributed by atoms with Gasteiger partial charge in [-0.2, -0.15) is 0 Å². The molecule has 0 aliphatic heterocycles. The molecule has 0 bridgehead atoms. The van der Waals surface area contributed by atoms with Crippen LogP contribution in [0.25, 0.3) is 22.6 Å². The van der Waals surface area contributed by atoms with Crippen molar-refractivity contribution in [2.75, 3.05) is 13.2 Å². The predicted octanol–water partition coefficient (Wildman–Crippen LogP) is 6.12. The second-order valence-corrected chi connectivity index (χ2v) is 8.76. The van der Waals surface area contributed by atoms with E-state index in [2.05, 4.69) is 23.5 Å². The second kappa shape index (κ2) is 11.2. The zero-order chi connectivity index (χ0) is 24.7. The van der Waals surface area contributed by atoms with Crippen LogP contribution in [0.5, 0.6) is 5.75 Å². The van der Waals surface area contributed by atoms with Gasteiger partial charge >= 0.3 is 5.97 Å². The molecule has 0 unspecified atom stereocenters. The third-order valence-electron chi connectivity index (χ3n) is 6.37. The first-order valence-electron chi connectivity index (χ1n) is 12.5. The highest BCUT2D eigenvalue weighted by atomic mass is 16.6. The molecule has 0 radical (unpaired) electrons. The standard InChI is InChI=1S/C30H30N2O4/c1-2-34-28(33)20-35-26-18-10-15-23-24(26)16-9-17-25(23)31-19-27-32-29(21-11-5-3-6-12-21)30(36-27)22-13-7-4-8-14-22/h3-8,10-15,18,25,31H,2,9,16-17,19-20H2,1H3/t25-/m0/s1. The lowest BCUT2D eigenvalue weighted by Crippen LogP contribution is -2.25. The Labute approximate surface area is 211 Å². The summed E-state index contributed by atoms with van der Waals surface area (Å²) in [6.07, 6.45) is 2.95. The zero-order valence-corrected chi connectivity index (χ0v) is 20.4. The number of fused-ring (bicyclic) bond motifs is 1. The molecule has 0 saturated heterocycles. The highest BCUT2D eigenvalue weighted by Gasteiger charge is 2.24. The maximum Gasteiger partial charge on any atom is 0.344 e. The summed E-state index contributed by atoms with van der Waals surface area (Å²) < 4.78 is 17.1. The van der Waals surface area contributed by atoms with Gasteiger partial charge in [0.05, 0.1) is 13.2 Å². The highest BCUT2D eigenvalue weighted by molar-refractivity contribution is 5.76. The van der Waals surface area contributed by atoms with Gasteiger partial charge in [0.15, 0.2) is 12.4 Å². The quantitative estimate of drug-likeness (QED) is 0.290. The van der Waals surface area contributed by atoms with Crippen molar-refractivity contribution < 1.29 is 18.7 Å². The minimum atomic E-state index is -0.354. The van der Waals surface area contributed by atoms with Gasteiger partial charge in [-0.1, -0.05) is 72.8 Å². The number of rotatable bonds is 9. The predicted molar refractivity (Wildman–Crippen MR) is 138 cm³/mol. The normalized spacial score (nSPS) is 14.8. The fourth-order valence-corrected chi connectivity index (χ4v) is 4.73. The molecule has 6 heteroatoms. The number of oxazole rings is 1. The number of carbonyl (C=O) groups is 1. The number of hydrogen-bond donors (Lipinski definition) is 1.